The van der Waals surface area contributed by atoms with E-state index in [0.29, 0.717) is 5.92 Å². The van der Waals surface area contributed by atoms with Gasteiger partial charge in [-0.05, 0) is 45.6 Å². The van der Waals surface area contributed by atoms with Crippen LogP contribution in [0.2, 0.25) is 0 Å². The van der Waals surface area contributed by atoms with E-state index in [1.807, 2.05) is 0 Å². The van der Waals surface area contributed by atoms with Crippen molar-refractivity contribution in [3.05, 3.63) is 35.9 Å². The SMILES string of the molecule is CC(C)CC(C)OC(CNC(C)(C)C)c1ccccc1. The van der Waals surface area contributed by atoms with Gasteiger partial charge in [-0.25, -0.2) is 0 Å². The molecular weight excluding hydrogens is 246 g/mol. The Labute approximate surface area is 124 Å². The molecule has 1 aromatic rings. The molecule has 0 saturated heterocycles. The molecule has 2 unspecified atom stereocenters. The van der Waals surface area contributed by atoms with E-state index in [0.717, 1.165) is 13.0 Å². The van der Waals surface area contributed by atoms with Gasteiger partial charge in [-0.3, -0.25) is 0 Å². The van der Waals surface area contributed by atoms with Crippen molar-refractivity contribution in [2.75, 3.05) is 6.54 Å². The Bertz CT molecular complexity index is 367. The molecule has 0 aliphatic rings. The lowest BCUT2D eigenvalue weighted by molar-refractivity contribution is -0.0152. The van der Waals surface area contributed by atoms with Gasteiger partial charge in [0, 0.05) is 12.1 Å². The lowest BCUT2D eigenvalue weighted by atomic mass is 10.0. The van der Waals surface area contributed by atoms with E-state index in [2.05, 4.69) is 77.2 Å². The highest BCUT2D eigenvalue weighted by Crippen LogP contribution is 2.21. The first kappa shape index (κ1) is 17.2. The monoisotopic (exact) mass is 277 g/mol. The van der Waals surface area contributed by atoms with Gasteiger partial charge in [-0.1, -0.05) is 44.2 Å². The Balaban J connectivity index is 2.69. The second-order valence-corrected chi connectivity index (χ2v) is 7.11. The zero-order valence-corrected chi connectivity index (χ0v) is 13.9. The van der Waals surface area contributed by atoms with E-state index in [4.69, 9.17) is 4.74 Å². The third-order valence-corrected chi connectivity index (χ3v) is 3.19. The molecule has 2 heteroatoms. The van der Waals surface area contributed by atoms with Gasteiger partial charge < -0.3 is 10.1 Å². The molecule has 0 fully saturated rings. The highest BCUT2D eigenvalue weighted by molar-refractivity contribution is 5.18. The number of benzene rings is 1. The summed E-state index contributed by atoms with van der Waals surface area (Å²) in [6, 6.07) is 10.5. The van der Waals surface area contributed by atoms with Crippen molar-refractivity contribution in [2.24, 2.45) is 5.92 Å². The zero-order valence-electron chi connectivity index (χ0n) is 13.9. The van der Waals surface area contributed by atoms with E-state index in [1.165, 1.54) is 5.56 Å². The third kappa shape index (κ3) is 7.06. The fourth-order valence-electron chi connectivity index (χ4n) is 2.31. The first-order valence-electron chi connectivity index (χ1n) is 7.73. The molecule has 2 nitrogen and oxygen atoms in total. The summed E-state index contributed by atoms with van der Waals surface area (Å²) < 4.78 is 6.28. The van der Waals surface area contributed by atoms with E-state index < -0.39 is 0 Å². The highest BCUT2D eigenvalue weighted by Gasteiger charge is 2.19. The topological polar surface area (TPSA) is 21.3 Å². The molecule has 1 aromatic carbocycles. The maximum absolute atomic E-state index is 6.28. The van der Waals surface area contributed by atoms with Gasteiger partial charge in [0.1, 0.15) is 0 Å². The van der Waals surface area contributed by atoms with Crippen molar-refractivity contribution in [3.8, 4) is 0 Å². The average Bonchev–Trinajstić information content (AvgIpc) is 2.33. The van der Waals surface area contributed by atoms with E-state index >= 15 is 0 Å². The van der Waals surface area contributed by atoms with Gasteiger partial charge in [-0.2, -0.15) is 0 Å². The minimum absolute atomic E-state index is 0.109. The molecule has 0 bridgehead atoms. The predicted octanol–water partition coefficient (Wildman–Crippen LogP) is 4.57. The Morgan fingerprint density at radius 2 is 1.65 bits per heavy atom. The Morgan fingerprint density at radius 3 is 2.15 bits per heavy atom. The Morgan fingerprint density at radius 1 is 1.05 bits per heavy atom. The third-order valence-electron chi connectivity index (χ3n) is 3.19. The van der Waals surface area contributed by atoms with Crippen LogP contribution in [0.25, 0.3) is 0 Å². The van der Waals surface area contributed by atoms with Crippen molar-refractivity contribution in [3.63, 3.8) is 0 Å². The van der Waals surface area contributed by atoms with Crippen molar-refractivity contribution in [2.45, 2.75) is 65.7 Å². The number of rotatable bonds is 7. The number of ether oxygens (including phenoxy) is 1. The summed E-state index contributed by atoms with van der Waals surface area (Å²) in [6.07, 6.45) is 1.49. The predicted molar refractivity (Wildman–Crippen MR) is 86.9 cm³/mol. The smallest absolute Gasteiger partial charge is 0.0953 e. The normalized spacial score (nSPS) is 15.3. The van der Waals surface area contributed by atoms with Crippen LogP contribution in [-0.2, 0) is 4.74 Å². The zero-order chi connectivity index (χ0) is 15.2. The number of hydrogen-bond donors (Lipinski definition) is 1. The van der Waals surface area contributed by atoms with Crippen LogP contribution in [0.4, 0.5) is 0 Å². The molecule has 0 saturated carbocycles. The first-order chi connectivity index (χ1) is 9.28. The van der Waals surface area contributed by atoms with Crippen LogP contribution in [0.3, 0.4) is 0 Å². The number of hydrogen-bond acceptors (Lipinski definition) is 2. The quantitative estimate of drug-likeness (QED) is 0.788. The largest absolute Gasteiger partial charge is 0.369 e. The van der Waals surface area contributed by atoms with Crippen molar-refractivity contribution in [1.29, 1.82) is 0 Å². The van der Waals surface area contributed by atoms with Crippen LogP contribution in [0.1, 0.15) is 59.6 Å². The van der Waals surface area contributed by atoms with Gasteiger partial charge >= 0.3 is 0 Å². The Kier molecular flexibility index (Phi) is 6.70. The van der Waals surface area contributed by atoms with Gasteiger partial charge in [0.2, 0.25) is 0 Å². The molecule has 0 aromatic heterocycles. The van der Waals surface area contributed by atoms with Crippen LogP contribution in [-0.4, -0.2) is 18.2 Å². The minimum atomic E-state index is 0.109. The second kappa shape index (κ2) is 7.80. The standard InChI is InChI=1S/C18H31NO/c1-14(2)12-15(3)20-17(13-19-18(4,5)6)16-10-8-7-9-11-16/h7-11,14-15,17,19H,12-13H2,1-6H3. The summed E-state index contributed by atoms with van der Waals surface area (Å²) in [4.78, 5) is 0. The maximum Gasteiger partial charge on any atom is 0.0953 e. The van der Waals surface area contributed by atoms with E-state index in [-0.39, 0.29) is 17.7 Å². The van der Waals surface area contributed by atoms with Crippen LogP contribution in [0.15, 0.2) is 30.3 Å². The highest BCUT2D eigenvalue weighted by atomic mass is 16.5. The summed E-state index contributed by atoms with van der Waals surface area (Å²) in [5.74, 6) is 0.664. The van der Waals surface area contributed by atoms with Gasteiger partial charge in [0.05, 0.1) is 12.2 Å². The molecule has 0 spiro atoms. The second-order valence-electron chi connectivity index (χ2n) is 7.11. The van der Waals surface area contributed by atoms with Gasteiger partial charge in [0.15, 0.2) is 0 Å². The number of nitrogens with one attached hydrogen (secondary N) is 1. The molecular formula is C18H31NO. The summed E-state index contributed by atoms with van der Waals surface area (Å²) in [5.41, 5.74) is 1.36. The lowest BCUT2D eigenvalue weighted by Crippen LogP contribution is -2.39. The van der Waals surface area contributed by atoms with Crippen LogP contribution >= 0.6 is 0 Å². The molecule has 1 N–H and O–H groups in total. The molecule has 0 aliphatic carbocycles. The van der Waals surface area contributed by atoms with E-state index in [9.17, 15) is 0 Å². The van der Waals surface area contributed by atoms with Crippen molar-refractivity contribution < 1.29 is 4.74 Å². The molecule has 114 valence electrons. The Hall–Kier alpha value is -0.860. The maximum atomic E-state index is 6.28. The lowest BCUT2D eigenvalue weighted by Gasteiger charge is -2.28. The summed E-state index contributed by atoms with van der Waals surface area (Å²) >= 11 is 0. The first-order valence-corrected chi connectivity index (χ1v) is 7.73. The van der Waals surface area contributed by atoms with Crippen molar-refractivity contribution >= 4 is 0 Å². The summed E-state index contributed by atoms with van der Waals surface area (Å²) in [7, 11) is 0. The summed E-state index contributed by atoms with van der Waals surface area (Å²) in [6.45, 7) is 14.1. The average molecular weight is 277 g/mol. The van der Waals surface area contributed by atoms with Gasteiger partial charge in [-0.15, -0.1) is 0 Å². The molecule has 1 rings (SSSR count). The molecule has 2 atom stereocenters. The molecule has 0 radical (unpaired) electrons. The fraction of sp³-hybridized carbons (Fsp3) is 0.667. The van der Waals surface area contributed by atoms with Crippen LogP contribution in [0, 0.1) is 5.92 Å². The van der Waals surface area contributed by atoms with Crippen molar-refractivity contribution in [1.82, 2.24) is 5.32 Å². The van der Waals surface area contributed by atoms with Gasteiger partial charge in [0.25, 0.3) is 0 Å². The molecule has 20 heavy (non-hydrogen) atoms. The fourth-order valence-corrected chi connectivity index (χ4v) is 2.31. The minimum Gasteiger partial charge on any atom is -0.369 e. The van der Waals surface area contributed by atoms with Crippen LogP contribution in [0.5, 0.6) is 0 Å². The molecule has 0 amide bonds. The van der Waals surface area contributed by atoms with Crippen LogP contribution < -0.4 is 5.32 Å². The molecule has 0 heterocycles. The molecule has 0 aliphatic heterocycles. The van der Waals surface area contributed by atoms with E-state index in [1.54, 1.807) is 0 Å². The summed E-state index contributed by atoms with van der Waals surface area (Å²) in [5, 5.41) is 3.55.